The van der Waals surface area contributed by atoms with Crippen molar-refractivity contribution in [1.29, 1.82) is 0 Å². The van der Waals surface area contributed by atoms with E-state index in [0.717, 1.165) is 16.1 Å². The predicted molar refractivity (Wildman–Crippen MR) is 80.7 cm³/mol. The predicted octanol–water partition coefficient (Wildman–Crippen LogP) is 4.05. The molecule has 1 saturated carbocycles. The minimum Gasteiger partial charge on any atom is -0.481 e. The summed E-state index contributed by atoms with van der Waals surface area (Å²) in [6.07, 6.45) is 4.91. The quantitative estimate of drug-likeness (QED) is 0.836. The molecule has 0 unspecified atom stereocenters. The van der Waals surface area contributed by atoms with Crippen LogP contribution in [0.15, 0.2) is 17.3 Å². The van der Waals surface area contributed by atoms with Crippen LogP contribution in [0.2, 0.25) is 5.02 Å². The summed E-state index contributed by atoms with van der Waals surface area (Å²) in [7, 11) is 0. The van der Waals surface area contributed by atoms with E-state index in [4.69, 9.17) is 16.7 Å². The molecule has 4 nitrogen and oxygen atoms in total. The molecule has 2 aromatic rings. The van der Waals surface area contributed by atoms with Gasteiger partial charge in [-0.25, -0.2) is 4.98 Å². The largest absolute Gasteiger partial charge is 0.481 e. The van der Waals surface area contributed by atoms with Crippen molar-refractivity contribution in [2.24, 2.45) is 0 Å². The second-order valence-electron chi connectivity index (χ2n) is 5.10. The zero-order valence-electron chi connectivity index (χ0n) is 10.9. The number of hydrogen-bond donors (Lipinski definition) is 2. The minimum atomic E-state index is -0.847. The maximum absolute atomic E-state index is 10.6. The van der Waals surface area contributed by atoms with Crippen LogP contribution in [0.4, 0.5) is 0 Å². The number of imidazole rings is 1. The van der Waals surface area contributed by atoms with E-state index in [2.05, 4.69) is 16.0 Å². The van der Waals surface area contributed by atoms with Crippen molar-refractivity contribution in [2.45, 2.75) is 36.8 Å². The Hall–Kier alpha value is -1.20. The SMILES string of the molecule is O=C(O)CSc1nc2cc(C3CCCC3)c(Cl)cc2[nH]1. The molecular weight excluding hydrogens is 296 g/mol. The van der Waals surface area contributed by atoms with E-state index >= 15 is 0 Å². The van der Waals surface area contributed by atoms with Gasteiger partial charge in [0.05, 0.1) is 16.8 Å². The first-order valence-corrected chi connectivity index (χ1v) is 8.03. The summed E-state index contributed by atoms with van der Waals surface area (Å²) < 4.78 is 0. The van der Waals surface area contributed by atoms with Crippen molar-refractivity contribution in [1.82, 2.24) is 9.97 Å². The molecule has 1 aromatic carbocycles. The molecule has 1 aliphatic rings. The van der Waals surface area contributed by atoms with Crippen molar-refractivity contribution in [2.75, 3.05) is 5.75 Å². The fraction of sp³-hybridized carbons (Fsp3) is 0.429. The number of carbonyl (C=O) groups is 1. The van der Waals surface area contributed by atoms with Gasteiger partial charge in [0.1, 0.15) is 0 Å². The number of aromatic amines is 1. The summed E-state index contributed by atoms with van der Waals surface area (Å²) in [5.74, 6) is -0.304. The molecule has 2 N–H and O–H groups in total. The van der Waals surface area contributed by atoms with Crippen LogP contribution in [0, 0.1) is 0 Å². The van der Waals surface area contributed by atoms with Crippen LogP contribution < -0.4 is 0 Å². The zero-order chi connectivity index (χ0) is 14.1. The fourth-order valence-electron chi connectivity index (χ4n) is 2.77. The molecule has 0 radical (unpaired) electrons. The summed E-state index contributed by atoms with van der Waals surface area (Å²) in [6.45, 7) is 0. The Kier molecular flexibility index (Phi) is 3.89. The number of nitrogens with one attached hydrogen (secondary N) is 1. The highest BCUT2D eigenvalue weighted by Crippen LogP contribution is 2.39. The Balaban J connectivity index is 1.91. The number of carboxylic acid groups (broad SMARTS) is 1. The van der Waals surface area contributed by atoms with Gasteiger partial charge in [-0.05, 0) is 36.5 Å². The highest BCUT2D eigenvalue weighted by molar-refractivity contribution is 7.99. The van der Waals surface area contributed by atoms with Crippen molar-refractivity contribution in [3.05, 3.63) is 22.7 Å². The minimum absolute atomic E-state index is 0.00301. The highest BCUT2D eigenvalue weighted by atomic mass is 35.5. The average molecular weight is 311 g/mol. The van der Waals surface area contributed by atoms with Gasteiger partial charge in [0, 0.05) is 5.02 Å². The first kappa shape index (κ1) is 13.8. The lowest BCUT2D eigenvalue weighted by Gasteiger charge is -2.11. The van der Waals surface area contributed by atoms with Crippen molar-refractivity contribution in [3.63, 3.8) is 0 Å². The molecular formula is C14H15ClN2O2S. The number of hydrogen-bond acceptors (Lipinski definition) is 3. The fourth-order valence-corrected chi connectivity index (χ4v) is 3.69. The van der Waals surface area contributed by atoms with Crippen molar-refractivity contribution < 1.29 is 9.90 Å². The Morgan fingerprint density at radius 1 is 1.45 bits per heavy atom. The van der Waals surface area contributed by atoms with Crippen LogP contribution >= 0.6 is 23.4 Å². The molecule has 0 aliphatic heterocycles. The van der Waals surface area contributed by atoms with Gasteiger partial charge >= 0.3 is 5.97 Å². The maximum atomic E-state index is 10.6. The number of halogens is 1. The van der Waals surface area contributed by atoms with Crippen molar-refractivity contribution >= 4 is 40.4 Å². The Morgan fingerprint density at radius 3 is 2.90 bits per heavy atom. The number of nitrogens with zero attached hydrogens (tertiary/aromatic N) is 1. The third kappa shape index (κ3) is 2.79. The molecule has 6 heteroatoms. The number of benzene rings is 1. The van der Waals surface area contributed by atoms with E-state index in [-0.39, 0.29) is 5.75 Å². The van der Waals surface area contributed by atoms with Gasteiger partial charge in [-0.15, -0.1) is 0 Å². The van der Waals surface area contributed by atoms with Gasteiger partial charge in [0.2, 0.25) is 0 Å². The second-order valence-corrected chi connectivity index (χ2v) is 6.47. The number of rotatable bonds is 4. The van der Waals surface area contributed by atoms with Crippen LogP contribution in [-0.2, 0) is 4.79 Å². The van der Waals surface area contributed by atoms with Gasteiger partial charge in [-0.2, -0.15) is 0 Å². The zero-order valence-corrected chi connectivity index (χ0v) is 12.4. The Bertz CT molecular complexity index is 650. The number of aliphatic carboxylic acids is 1. The van der Waals surface area contributed by atoms with Gasteiger partial charge in [-0.3, -0.25) is 4.79 Å². The topological polar surface area (TPSA) is 66.0 Å². The van der Waals surface area contributed by atoms with Crippen LogP contribution in [0.25, 0.3) is 11.0 Å². The molecule has 1 aromatic heterocycles. The lowest BCUT2D eigenvalue weighted by molar-refractivity contribution is -0.133. The number of aromatic nitrogens is 2. The normalized spacial score (nSPS) is 16.1. The smallest absolute Gasteiger partial charge is 0.313 e. The van der Waals surface area contributed by atoms with Gasteiger partial charge in [-0.1, -0.05) is 36.2 Å². The summed E-state index contributed by atoms with van der Waals surface area (Å²) in [4.78, 5) is 18.1. The molecule has 0 amide bonds. The Labute approximate surface area is 125 Å². The third-order valence-electron chi connectivity index (χ3n) is 3.71. The van der Waals surface area contributed by atoms with E-state index < -0.39 is 5.97 Å². The molecule has 0 saturated heterocycles. The van der Waals surface area contributed by atoms with Crippen LogP contribution in [0.5, 0.6) is 0 Å². The van der Waals surface area contributed by atoms with E-state index in [1.807, 2.05) is 6.07 Å². The standard InChI is InChI=1S/C14H15ClN2O2S/c15-10-6-12-11(5-9(10)8-3-1-2-4-8)16-14(17-12)20-7-13(18)19/h5-6,8H,1-4,7H2,(H,16,17)(H,18,19). The monoisotopic (exact) mass is 310 g/mol. The summed E-state index contributed by atoms with van der Waals surface area (Å²) in [6, 6.07) is 3.96. The number of H-pyrrole nitrogens is 1. The number of fused-ring (bicyclic) bond motifs is 1. The van der Waals surface area contributed by atoms with E-state index in [0.29, 0.717) is 11.1 Å². The maximum Gasteiger partial charge on any atom is 0.313 e. The van der Waals surface area contributed by atoms with Crippen LogP contribution in [0.1, 0.15) is 37.2 Å². The third-order valence-corrected chi connectivity index (χ3v) is 4.89. The Morgan fingerprint density at radius 2 is 2.20 bits per heavy atom. The summed E-state index contributed by atoms with van der Waals surface area (Å²) in [5.41, 5.74) is 2.91. The number of carboxylic acids is 1. The van der Waals surface area contributed by atoms with E-state index in [1.165, 1.54) is 43.0 Å². The molecule has 0 spiro atoms. The van der Waals surface area contributed by atoms with Crippen LogP contribution in [-0.4, -0.2) is 26.8 Å². The molecule has 1 heterocycles. The van der Waals surface area contributed by atoms with E-state index in [1.54, 1.807) is 0 Å². The van der Waals surface area contributed by atoms with Gasteiger partial charge in [0.25, 0.3) is 0 Å². The molecule has 20 heavy (non-hydrogen) atoms. The molecule has 0 atom stereocenters. The lowest BCUT2D eigenvalue weighted by atomic mass is 9.97. The number of thioether (sulfide) groups is 1. The van der Waals surface area contributed by atoms with E-state index in [9.17, 15) is 4.79 Å². The molecule has 1 aliphatic carbocycles. The molecule has 0 bridgehead atoms. The summed E-state index contributed by atoms with van der Waals surface area (Å²) >= 11 is 7.56. The highest BCUT2D eigenvalue weighted by Gasteiger charge is 2.20. The first-order valence-electron chi connectivity index (χ1n) is 6.67. The second kappa shape index (κ2) is 5.66. The van der Waals surface area contributed by atoms with Gasteiger partial charge in [0.15, 0.2) is 5.16 Å². The van der Waals surface area contributed by atoms with Gasteiger partial charge < -0.3 is 10.1 Å². The molecule has 3 rings (SSSR count). The summed E-state index contributed by atoms with van der Waals surface area (Å²) in [5, 5.41) is 10.1. The molecule has 106 valence electrons. The molecule has 1 fully saturated rings. The lowest BCUT2D eigenvalue weighted by Crippen LogP contribution is -1.97. The average Bonchev–Trinajstić information content (AvgIpc) is 3.03. The van der Waals surface area contributed by atoms with Crippen LogP contribution in [0.3, 0.4) is 0 Å². The first-order chi connectivity index (χ1) is 9.63. The van der Waals surface area contributed by atoms with Crippen molar-refractivity contribution in [3.8, 4) is 0 Å².